The number of nitrogens with one attached hydrogen (secondary N) is 1. The number of likely N-dealkylation sites (tertiary alicyclic amines) is 1. The van der Waals surface area contributed by atoms with Gasteiger partial charge in [0, 0.05) is 18.1 Å². The van der Waals surface area contributed by atoms with E-state index in [-0.39, 0.29) is 5.91 Å². The molecule has 122 valence electrons. The van der Waals surface area contributed by atoms with Gasteiger partial charge in [0.1, 0.15) is 6.33 Å². The van der Waals surface area contributed by atoms with Gasteiger partial charge in [-0.2, -0.15) is 4.68 Å². The third-order valence-electron chi connectivity index (χ3n) is 4.18. The Morgan fingerprint density at radius 2 is 2.17 bits per heavy atom. The van der Waals surface area contributed by atoms with Crippen LogP contribution in [0.5, 0.6) is 0 Å². The first-order valence-electron chi connectivity index (χ1n) is 7.66. The summed E-state index contributed by atoms with van der Waals surface area (Å²) in [6.45, 7) is 2.51. The molecule has 1 aromatic heterocycles. The van der Waals surface area contributed by atoms with E-state index in [2.05, 4.69) is 20.8 Å². The van der Waals surface area contributed by atoms with Crippen molar-refractivity contribution in [2.75, 3.05) is 26.7 Å². The van der Waals surface area contributed by atoms with Gasteiger partial charge >= 0.3 is 0 Å². The van der Waals surface area contributed by atoms with E-state index >= 15 is 0 Å². The molecule has 0 spiro atoms. The number of hydrogen-bond donors (Lipinski definition) is 1. The molecule has 1 N–H and O–H groups in total. The number of tetrazole rings is 1. The van der Waals surface area contributed by atoms with Crippen molar-refractivity contribution in [3.63, 3.8) is 0 Å². The van der Waals surface area contributed by atoms with Crippen molar-refractivity contribution in [2.45, 2.75) is 12.8 Å². The summed E-state index contributed by atoms with van der Waals surface area (Å²) < 4.78 is 1.48. The fourth-order valence-electron chi connectivity index (χ4n) is 2.95. The molecule has 1 amide bonds. The van der Waals surface area contributed by atoms with Crippen LogP contribution in [-0.2, 0) is 0 Å². The van der Waals surface area contributed by atoms with E-state index in [1.54, 1.807) is 18.2 Å². The highest BCUT2D eigenvalue weighted by Crippen LogP contribution is 2.23. The first-order valence-corrected chi connectivity index (χ1v) is 8.03. The lowest BCUT2D eigenvalue weighted by Crippen LogP contribution is -2.40. The standard InChI is InChI=1S/C15H19ClN6O/c1-17-9-11-4-6-21(7-5-11)15(23)13-8-12(16)2-3-14(13)22-10-18-19-20-22/h2-3,8,10-11,17H,4-7,9H2,1H3. The number of benzene rings is 1. The van der Waals surface area contributed by atoms with Crippen LogP contribution in [0.3, 0.4) is 0 Å². The first kappa shape index (κ1) is 15.9. The Morgan fingerprint density at radius 3 is 2.83 bits per heavy atom. The van der Waals surface area contributed by atoms with Crippen molar-refractivity contribution in [3.05, 3.63) is 35.1 Å². The minimum absolute atomic E-state index is 0.0269. The predicted octanol–water partition coefficient (Wildman–Crippen LogP) is 1.39. The molecule has 3 rings (SSSR count). The summed E-state index contributed by atoms with van der Waals surface area (Å²) in [7, 11) is 1.96. The SMILES string of the molecule is CNCC1CCN(C(=O)c2cc(Cl)ccc2-n2cnnn2)CC1. The normalized spacial score (nSPS) is 15.8. The minimum Gasteiger partial charge on any atom is -0.339 e. The molecule has 1 fully saturated rings. The van der Waals surface area contributed by atoms with Crippen molar-refractivity contribution in [2.24, 2.45) is 5.92 Å². The molecule has 0 radical (unpaired) electrons. The first-order chi connectivity index (χ1) is 11.2. The smallest absolute Gasteiger partial charge is 0.256 e. The lowest BCUT2D eigenvalue weighted by molar-refractivity contribution is 0.0691. The number of rotatable bonds is 4. The Morgan fingerprint density at radius 1 is 1.39 bits per heavy atom. The van der Waals surface area contributed by atoms with Crippen molar-refractivity contribution in [1.82, 2.24) is 30.4 Å². The average Bonchev–Trinajstić information content (AvgIpc) is 3.09. The maximum atomic E-state index is 12.9. The highest BCUT2D eigenvalue weighted by molar-refractivity contribution is 6.31. The number of amides is 1. The number of carbonyl (C=O) groups is 1. The van der Waals surface area contributed by atoms with Crippen LogP contribution >= 0.6 is 11.6 Å². The zero-order valence-corrected chi connectivity index (χ0v) is 13.7. The Bertz CT molecular complexity index is 667. The van der Waals surface area contributed by atoms with Gasteiger partial charge in [-0.3, -0.25) is 4.79 Å². The van der Waals surface area contributed by atoms with Crippen molar-refractivity contribution >= 4 is 17.5 Å². The minimum atomic E-state index is -0.0269. The van der Waals surface area contributed by atoms with Gasteiger partial charge in [-0.05, 0) is 61.0 Å². The molecule has 7 nitrogen and oxygen atoms in total. The predicted molar refractivity (Wildman–Crippen MR) is 86.7 cm³/mol. The number of aromatic nitrogens is 4. The second-order valence-corrected chi connectivity index (χ2v) is 6.15. The van der Waals surface area contributed by atoms with Crippen molar-refractivity contribution in [1.29, 1.82) is 0 Å². The molecule has 0 aliphatic carbocycles. The van der Waals surface area contributed by atoms with Gasteiger partial charge in [-0.15, -0.1) is 5.10 Å². The average molecular weight is 335 g/mol. The summed E-state index contributed by atoms with van der Waals surface area (Å²) in [6.07, 6.45) is 3.49. The van der Waals surface area contributed by atoms with Gasteiger partial charge in [0.05, 0.1) is 11.3 Å². The topological polar surface area (TPSA) is 75.9 Å². The monoisotopic (exact) mass is 334 g/mol. The van der Waals surface area contributed by atoms with Crippen molar-refractivity contribution < 1.29 is 4.79 Å². The lowest BCUT2D eigenvalue weighted by atomic mass is 9.96. The van der Waals surface area contributed by atoms with Crippen LogP contribution in [0, 0.1) is 5.92 Å². The van der Waals surface area contributed by atoms with E-state index in [0.717, 1.165) is 32.5 Å². The van der Waals surface area contributed by atoms with E-state index in [0.29, 0.717) is 22.2 Å². The van der Waals surface area contributed by atoms with Crippen LogP contribution in [0.2, 0.25) is 5.02 Å². The van der Waals surface area contributed by atoms with Crippen LogP contribution in [0.1, 0.15) is 23.2 Å². The Labute approximate surface area is 139 Å². The molecule has 23 heavy (non-hydrogen) atoms. The quantitative estimate of drug-likeness (QED) is 0.914. The van der Waals surface area contributed by atoms with Gasteiger partial charge in [0.2, 0.25) is 0 Å². The summed E-state index contributed by atoms with van der Waals surface area (Å²) in [5, 5.41) is 14.9. The Hall–Kier alpha value is -1.99. The van der Waals surface area contributed by atoms with Gasteiger partial charge in [-0.1, -0.05) is 11.6 Å². The molecule has 0 unspecified atom stereocenters. The van der Waals surface area contributed by atoms with Crippen LogP contribution in [-0.4, -0.2) is 57.7 Å². The van der Waals surface area contributed by atoms with Crippen LogP contribution in [0.15, 0.2) is 24.5 Å². The molecule has 1 aliphatic heterocycles. The summed E-state index contributed by atoms with van der Waals surface area (Å²) in [6, 6.07) is 5.18. The Balaban J connectivity index is 1.81. The van der Waals surface area contributed by atoms with Crippen LogP contribution in [0.4, 0.5) is 0 Å². The lowest BCUT2D eigenvalue weighted by Gasteiger charge is -2.32. The largest absolute Gasteiger partial charge is 0.339 e. The summed E-state index contributed by atoms with van der Waals surface area (Å²) in [5.74, 6) is 0.600. The van der Waals surface area contributed by atoms with Gasteiger partial charge in [0.15, 0.2) is 0 Å². The number of hydrogen-bond acceptors (Lipinski definition) is 5. The fraction of sp³-hybridized carbons (Fsp3) is 0.467. The van der Waals surface area contributed by atoms with E-state index < -0.39 is 0 Å². The summed E-state index contributed by atoms with van der Waals surface area (Å²) >= 11 is 6.09. The highest BCUT2D eigenvalue weighted by atomic mass is 35.5. The van der Waals surface area contributed by atoms with Crippen LogP contribution in [0.25, 0.3) is 5.69 Å². The Kier molecular flexibility index (Phi) is 4.88. The second kappa shape index (κ2) is 7.06. The molecular formula is C15H19ClN6O. The highest BCUT2D eigenvalue weighted by Gasteiger charge is 2.25. The van der Waals surface area contributed by atoms with E-state index in [4.69, 9.17) is 11.6 Å². The van der Waals surface area contributed by atoms with E-state index in [1.807, 2.05) is 11.9 Å². The molecule has 0 atom stereocenters. The van der Waals surface area contributed by atoms with E-state index in [1.165, 1.54) is 11.0 Å². The molecular weight excluding hydrogens is 316 g/mol. The molecule has 0 bridgehead atoms. The zero-order valence-electron chi connectivity index (χ0n) is 12.9. The maximum Gasteiger partial charge on any atom is 0.256 e. The second-order valence-electron chi connectivity index (χ2n) is 5.71. The number of carbonyl (C=O) groups excluding carboxylic acids is 1. The molecule has 8 heteroatoms. The fourth-order valence-corrected chi connectivity index (χ4v) is 3.12. The van der Waals surface area contributed by atoms with Gasteiger partial charge < -0.3 is 10.2 Å². The molecule has 1 aromatic carbocycles. The number of piperidine rings is 1. The third-order valence-corrected chi connectivity index (χ3v) is 4.41. The van der Waals surface area contributed by atoms with Crippen molar-refractivity contribution in [3.8, 4) is 5.69 Å². The molecule has 2 aromatic rings. The maximum absolute atomic E-state index is 12.9. The summed E-state index contributed by atoms with van der Waals surface area (Å²) in [5.41, 5.74) is 1.17. The van der Waals surface area contributed by atoms with Gasteiger partial charge in [0.25, 0.3) is 5.91 Å². The van der Waals surface area contributed by atoms with E-state index in [9.17, 15) is 4.79 Å². The van der Waals surface area contributed by atoms with Crippen LogP contribution < -0.4 is 5.32 Å². The molecule has 2 heterocycles. The molecule has 0 saturated carbocycles. The van der Waals surface area contributed by atoms with Gasteiger partial charge in [-0.25, -0.2) is 0 Å². The summed E-state index contributed by atoms with van der Waals surface area (Å²) in [4.78, 5) is 14.8. The molecule has 1 aliphatic rings. The number of nitrogens with zero attached hydrogens (tertiary/aromatic N) is 5. The zero-order chi connectivity index (χ0) is 16.2. The number of halogens is 1. The third kappa shape index (κ3) is 3.51. The molecule has 1 saturated heterocycles.